The third-order valence-corrected chi connectivity index (χ3v) is 2.71. The van der Waals surface area contributed by atoms with E-state index in [0.29, 0.717) is 5.56 Å². The number of alkyl halides is 3. The van der Waals surface area contributed by atoms with E-state index in [-0.39, 0.29) is 12.4 Å². The quantitative estimate of drug-likeness (QED) is 0.603. The van der Waals surface area contributed by atoms with E-state index in [0.717, 1.165) is 11.1 Å². The molecule has 0 bridgehead atoms. The van der Waals surface area contributed by atoms with Crippen LogP contribution in [0.5, 0.6) is 5.75 Å². The molecule has 0 saturated carbocycles. The van der Waals surface area contributed by atoms with Gasteiger partial charge in [-0.1, -0.05) is 47.1 Å². The summed E-state index contributed by atoms with van der Waals surface area (Å²) >= 11 is 0. The summed E-state index contributed by atoms with van der Waals surface area (Å²) < 4.78 is 39.8. The summed E-state index contributed by atoms with van der Waals surface area (Å²) in [5.41, 5.74) is 2.72. The maximum Gasteiger partial charge on any atom is 0.573 e. The molecule has 3 nitrogen and oxygen atoms in total. The van der Waals surface area contributed by atoms with Gasteiger partial charge >= 0.3 is 6.36 Å². The van der Waals surface area contributed by atoms with Crippen molar-refractivity contribution in [3.63, 3.8) is 0 Å². The molecule has 0 fully saturated rings. The first-order valence-corrected chi connectivity index (χ1v) is 6.49. The van der Waals surface area contributed by atoms with Crippen LogP contribution in [0.15, 0.2) is 53.7 Å². The molecular weight excluding hydrogens is 295 g/mol. The van der Waals surface area contributed by atoms with Gasteiger partial charge < -0.3 is 9.57 Å². The molecule has 0 aliphatic heterocycles. The monoisotopic (exact) mass is 309 g/mol. The second kappa shape index (κ2) is 6.98. The van der Waals surface area contributed by atoms with E-state index in [4.69, 9.17) is 4.84 Å². The van der Waals surface area contributed by atoms with Crippen LogP contribution in [0.25, 0.3) is 0 Å². The summed E-state index contributed by atoms with van der Waals surface area (Å²) in [5, 5.41) is 3.82. The summed E-state index contributed by atoms with van der Waals surface area (Å²) in [6.45, 7) is 2.14. The van der Waals surface area contributed by atoms with E-state index in [1.165, 1.54) is 24.3 Å². The Labute approximate surface area is 126 Å². The van der Waals surface area contributed by atoms with Crippen LogP contribution in [-0.2, 0) is 11.4 Å². The first kappa shape index (κ1) is 15.9. The molecule has 6 heteroatoms. The molecule has 0 unspecified atom stereocenters. The van der Waals surface area contributed by atoms with E-state index in [2.05, 4.69) is 9.89 Å². The van der Waals surface area contributed by atoms with Crippen LogP contribution in [0.2, 0.25) is 0 Å². The Kier molecular flexibility index (Phi) is 5.04. The van der Waals surface area contributed by atoms with Gasteiger partial charge in [0, 0.05) is 0 Å². The molecule has 2 aromatic rings. The van der Waals surface area contributed by atoms with E-state index in [1.807, 2.05) is 31.2 Å². The predicted molar refractivity (Wildman–Crippen MR) is 76.7 cm³/mol. The van der Waals surface area contributed by atoms with Crippen molar-refractivity contribution >= 4 is 6.21 Å². The highest BCUT2D eigenvalue weighted by molar-refractivity contribution is 5.79. The molecule has 0 atom stereocenters. The summed E-state index contributed by atoms with van der Waals surface area (Å²) in [4.78, 5) is 5.11. The SMILES string of the molecule is Cc1cccc(C=NOCc2ccc(OC(F)(F)F)cc2)c1. The fourth-order valence-corrected chi connectivity index (χ4v) is 1.75. The summed E-state index contributed by atoms with van der Waals surface area (Å²) in [6, 6.07) is 13.2. The highest BCUT2D eigenvalue weighted by Gasteiger charge is 2.30. The minimum absolute atomic E-state index is 0.161. The fourth-order valence-electron chi connectivity index (χ4n) is 1.75. The number of oxime groups is 1. The molecule has 0 N–H and O–H groups in total. The number of ether oxygens (including phenoxy) is 1. The average molecular weight is 309 g/mol. The second-order valence-electron chi connectivity index (χ2n) is 4.61. The number of nitrogens with zero attached hydrogens (tertiary/aromatic N) is 1. The van der Waals surface area contributed by atoms with Crippen LogP contribution in [-0.4, -0.2) is 12.6 Å². The Morgan fingerprint density at radius 3 is 2.45 bits per heavy atom. The first-order valence-electron chi connectivity index (χ1n) is 6.49. The van der Waals surface area contributed by atoms with Crippen molar-refractivity contribution in [3.8, 4) is 5.75 Å². The maximum absolute atomic E-state index is 12.0. The largest absolute Gasteiger partial charge is 0.573 e. The standard InChI is InChI=1S/C16H14F3NO2/c1-12-3-2-4-14(9-12)10-20-21-11-13-5-7-15(8-6-13)22-16(17,18)19/h2-10H,11H2,1H3. The van der Waals surface area contributed by atoms with Crippen molar-refractivity contribution in [2.75, 3.05) is 0 Å². The van der Waals surface area contributed by atoms with Gasteiger partial charge in [0.2, 0.25) is 0 Å². The molecular formula is C16H14F3NO2. The molecule has 0 saturated heterocycles. The van der Waals surface area contributed by atoms with Crippen LogP contribution in [0.4, 0.5) is 13.2 Å². The number of aryl methyl sites for hydroxylation is 1. The lowest BCUT2D eigenvalue weighted by molar-refractivity contribution is -0.274. The number of hydrogen-bond acceptors (Lipinski definition) is 3. The molecule has 0 heterocycles. The van der Waals surface area contributed by atoms with E-state index < -0.39 is 6.36 Å². The van der Waals surface area contributed by atoms with Crippen LogP contribution in [0.3, 0.4) is 0 Å². The first-order chi connectivity index (χ1) is 10.4. The van der Waals surface area contributed by atoms with Gasteiger partial charge in [0.25, 0.3) is 0 Å². The van der Waals surface area contributed by atoms with Gasteiger partial charge in [-0.05, 0) is 30.2 Å². The Balaban J connectivity index is 1.84. The third kappa shape index (κ3) is 5.47. The van der Waals surface area contributed by atoms with Crippen molar-refractivity contribution in [1.82, 2.24) is 0 Å². The zero-order valence-corrected chi connectivity index (χ0v) is 11.8. The smallest absolute Gasteiger partial charge is 0.406 e. The molecule has 22 heavy (non-hydrogen) atoms. The third-order valence-electron chi connectivity index (χ3n) is 2.71. The maximum atomic E-state index is 12.0. The van der Waals surface area contributed by atoms with Gasteiger partial charge in [-0.3, -0.25) is 0 Å². The van der Waals surface area contributed by atoms with Crippen molar-refractivity contribution < 1.29 is 22.7 Å². The normalized spacial score (nSPS) is 11.6. The molecule has 0 amide bonds. The molecule has 0 aliphatic carbocycles. The van der Waals surface area contributed by atoms with E-state index >= 15 is 0 Å². The number of halogens is 3. The van der Waals surface area contributed by atoms with Gasteiger partial charge in [0.15, 0.2) is 0 Å². The summed E-state index contributed by atoms with van der Waals surface area (Å²) in [5.74, 6) is -0.264. The zero-order chi connectivity index (χ0) is 16.0. The van der Waals surface area contributed by atoms with Gasteiger partial charge in [0.1, 0.15) is 12.4 Å². The summed E-state index contributed by atoms with van der Waals surface area (Å²) in [7, 11) is 0. The average Bonchev–Trinajstić information content (AvgIpc) is 2.44. The zero-order valence-electron chi connectivity index (χ0n) is 11.8. The van der Waals surface area contributed by atoms with E-state index in [9.17, 15) is 13.2 Å². The lowest BCUT2D eigenvalue weighted by atomic mass is 10.2. The number of rotatable bonds is 5. The van der Waals surface area contributed by atoms with Crippen molar-refractivity contribution in [1.29, 1.82) is 0 Å². The predicted octanol–water partition coefficient (Wildman–Crippen LogP) is 4.44. The van der Waals surface area contributed by atoms with Crippen molar-refractivity contribution in [2.45, 2.75) is 19.9 Å². The Morgan fingerprint density at radius 1 is 1.09 bits per heavy atom. The highest BCUT2D eigenvalue weighted by atomic mass is 19.4. The van der Waals surface area contributed by atoms with Gasteiger partial charge in [-0.25, -0.2) is 0 Å². The molecule has 0 aliphatic rings. The van der Waals surface area contributed by atoms with Gasteiger partial charge in [0.05, 0.1) is 6.21 Å². The molecule has 0 radical (unpaired) electrons. The molecule has 0 aromatic heterocycles. The molecule has 116 valence electrons. The van der Waals surface area contributed by atoms with Crippen LogP contribution in [0, 0.1) is 6.92 Å². The Morgan fingerprint density at radius 2 is 1.82 bits per heavy atom. The highest BCUT2D eigenvalue weighted by Crippen LogP contribution is 2.22. The van der Waals surface area contributed by atoms with Crippen molar-refractivity contribution in [2.24, 2.45) is 5.16 Å². The number of hydrogen-bond donors (Lipinski definition) is 0. The van der Waals surface area contributed by atoms with Gasteiger partial charge in [-0.2, -0.15) is 0 Å². The lowest BCUT2D eigenvalue weighted by Gasteiger charge is -2.08. The Bertz CT molecular complexity index is 637. The minimum Gasteiger partial charge on any atom is -0.406 e. The number of benzene rings is 2. The van der Waals surface area contributed by atoms with Crippen LogP contribution >= 0.6 is 0 Å². The van der Waals surface area contributed by atoms with Crippen LogP contribution in [0.1, 0.15) is 16.7 Å². The topological polar surface area (TPSA) is 30.8 Å². The van der Waals surface area contributed by atoms with E-state index in [1.54, 1.807) is 6.21 Å². The van der Waals surface area contributed by atoms with Crippen LogP contribution < -0.4 is 4.74 Å². The Hall–Kier alpha value is -2.50. The second-order valence-corrected chi connectivity index (χ2v) is 4.61. The summed E-state index contributed by atoms with van der Waals surface area (Å²) in [6.07, 6.45) is -3.11. The van der Waals surface area contributed by atoms with Crippen molar-refractivity contribution in [3.05, 3.63) is 65.2 Å². The minimum atomic E-state index is -4.68. The molecule has 0 spiro atoms. The lowest BCUT2D eigenvalue weighted by Crippen LogP contribution is -2.17. The van der Waals surface area contributed by atoms with Gasteiger partial charge in [-0.15, -0.1) is 13.2 Å². The molecule has 2 rings (SSSR count). The molecule has 2 aromatic carbocycles. The fraction of sp³-hybridized carbons (Fsp3) is 0.188.